The van der Waals surface area contributed by atoms with Crippen LogP contribution in [0.1, 0.15) is 32.7 Å². The van der Waals surface area contributed by atoms with E-state index in [1.807, 2.05) is 20.8 Å². The van der Waals surface area contributed by atoms with Crippen LogP contribution < -0.4 is 19.9 Å². The van der Waals surface area contributed by atoms with E-state index in [-0.39, 0.29) is 16.3 Å². The molecule has 0 unspecified atom stereocenters. The van der Waals surface area contributed by atoms with Crippen molar-refractivity contribution in [3.05, 3.63) is 82.5 Å². The zero-order valence-corrected chi connectivity index (χ0v) is 21.7. The van der Waals surface area contributed by atoms with Crippen LogP contribution in [-0.2, 0) is 16.6 Å². The van der Waals surface area contributed by atoms with Gasteiger partial charge in [0.05, 0.1) is 24.6 Å². The number of fused-ring (bicyclic) bond motifs is 1. The molecule has 0 saturated heterocycles. The Bertz CT molecular complexity index is 1570. The van der Waals surface area contributed by atoms with Gasteiger partial charge in [-0.25, -0.2) is 13.1 Å². The molecule has 0 aliphatic rings. The number of amides is 1. The van der Waals surface area contributed by atoms with E-state index in [2.05, 4.69) is 16.9 Å². The van der Waals surface area contributed by atoms with Gasteiger partial charge in [-0.15, -0.1) is 0 Å². The number of nitrogens with zero attached hydrogens (tertiary/aromatic N) is 1. The third-order valence-electron chi connectivity index (χ3n) is 6.19. The monoisotopic (exact) mass is 507 g/mol. The Kier molecular flexibility index (Phi) is 6.69. The first-order valence-electron chi connectivity index (χ1n) is 11.3. The van der Waals surface area contributed by atoms with Crippen LogP contribution in [0.25, 0.3) is 10.9 Å². The number of aryl methyl sites for hydroxylation is 3. The third kappa shape index (κ3) is 4.74. The van der Waals surface area contributed by atoms with E-state index < -0.39 is 15.9 Å². The van der Waals surface area contributed by atoms with Gasteiger partial charge in [0, 0.05) is 23.7 Å². The highest BCUT2D eigenvalue weighted by Crippen LogP contribution is 2.35. The molecule has 0 radical (unpaired) electrons. The standard InChI is InChI=1S/C27H29N3O5S/c1-16-9-17(2)22(18(3)10-16)15-30-23-14-26(35-5)25(34-4)12-19(23)11-24(30)27(31)29-36(32,33)21-8-6-7-20(28)13-21/h6-14H,15,28H2,1-5H3,(H,29,31). The Morgan fingerprint density at radius 3 is 2.19 bits per heavy atom. The predicted octanol–water partition coefficient (Wildman–Crippen LogP) is 4.33. The number of carbonyl (C=O) groups excluding carboxylic acids is 1. The van der Waals surface area contributed by atoms with Crippen LogP contribution in [0.2, 0.25) is 0 Å². The molecule has 1 aromatic heterocycles. The van der Waals surface area contributed by atoms with Crippen LogP contribution in [0.4, 0.5) is 5.69 Å². The number of benzene rings is 3. The Morgan fingerprint density at radius 1 is 0.944 bits per heavy atom. The summed E-state index contributed by atoms with van der Waals surface area (Å²) in [4.78, 5) is 13.3. The van der Waals surface area contributed by atoms with Crippen LogP contribution in [0, 0.1) is 20.8 Å². The maximum absolute atomic E-state index is 13.4. The first kappa shape index (κ1) is 25.1. The van der Waals surface area contributed by atoms with E-state index in [1.54, 1.807) is 28.8 Å². The average Bonchev–Trinajstić information content (AvgIpc) is 3.17. The van der Waals surface area contributed by atoms with Crippen molar-refractivity contribution >= 4 is 32.5 Å². The lowest BCUT2D eigenvalue weighted by Crippen LogP contribution is -2.32. The molecule has 0 saturated carbocycles. The number of nitrogens with one attached hydrogen (secondary N) is 1. The molecular formula is C27H29N3O5S. The zero-order valence-electron chi connectivity index (χ0n) is 20.9. The second kappa shape index (κ2) is 9.58. The van der Waals surface area contributed by atoms with Crippen molar-refractivity contribution in [1.82, 2.24) is 9.29 Å². The lowest BCUT2D eigenvalue weighted by Gasteiger charge is -2.17. The summed E-state index contributed by atoms with van der Waals surface area (Å²) in [7, 11) is -1.08. The van der Waals surface area contributed by atoms with E-state index in [0.717, 1.165) is 22.3 Å². The molecule has 0 atom stereocenters. The number of carbonyl (C=O) groups is 1. The fourth-order valence-electron chi connectivity index (χ4n) is 4.48. The van der Waals surface area contributed by atoms with Crippen LogP contribution in [-0.4, -0.2) is 33.1 Å². The maximum Gasteiger partial charge on any atom is 0.281 e. The molecule has 0 aliphatic heterocycles. The Morgan fingerprint density at radius 2 is 1.58 bits per heavy atom. The molecule has 1 heterocycles. The first-order chi connectivity index (χ1) is 17.0. The van der Waals surface area contributed by atoms with Gasteiger partial charge in [0.1, 0.15) is 5.69 Å². The topological polar surface area (TPSA) is 113 Å². The van der Waals surface area contributed by atoms with Gasteiger partial charge in [0.25, 0.3) is 15.9 Å². The van der Waals surface area contributed by atoms with Crippen molar-refractivity contribution in [3.63, 3.8) is 0 Å². The molecule has 3 N–H and O–H groups in total. The van der Waals surface area contributed by atoms with Crippen LogP contribution in [0.3, 0.4) is 0 Å². The molecule has 3 aromatic carbocycles. The van der Waals surface area contributed by atoms with Crippen molar-refractivity contribution < 1.29 is 22.7 Å². The highest BCUT2D eigenvalue weighted by Gasteiger charge is 2.24. The molecule has 9 heteroatoms. The Labute approximate surface area is 210 Å². The molecule has 0 spiro atoms. The van der Waals surface area contributed by atoms with Crippen molar-refractivity contribution in [2.24, 2.45) is 0 Å². The van der Waals surface area contributed by atoms with Gasteiger partial charge >= 0.3 is 0 Å². The highest BCUT2D eigenvalue weighted by atomic mass is 32.2. The molecule has 188 valence electrons. The van der Waals surface area contributed by atoms with Crippen LogP contribution in [0.15, 0.2) is 59.5 Å². The van der Waals surface area contributed by atoms with Gasteiger partial charge in [-0.1, -0.05) is 23.8 Å². The Hall–Kier alpha value is -3.98. The van der Waals surface area contributed by atoms with Crippen molar-refractivity contribution in [2.45, 2.75) is 32.2 Å². The SMILES string of the molecule is COc1cc2cc(C(=O)NS(=O)(=O)c3cccc(N)c3)n(Cc3c(C)cc(C)cc3C)c2cc1OC. The molecule has 0 aliphatic carbocycles. The van der Waals surface area contributed by atoms with Crippen LogP contribution in [0.5, 0.6) is 11.5 Å². The van der Waals surface area contributed by atoms with Gasteiger partial charge in [0.2, 0.25) is 0 Å². The smallest absolute Gasteiger partial charge is 0.281 e. The van der Waals surface area contributed by atoms with Gasteiger partial charge in [-0.2, -0.15) is 0 Å². The number of anilines is 1. The second-order valence-corrected chi connectivity index (χ2v) is 10.4. The normalized spacial score (nSPS) is 11.5. The quantitative estimate of drug-likeness (QED) is 0.360. The number of rotatable bonds is 7. The van der Waals surface area contributed by atoms with Crippen molar-refractivity contribution in [1.29, 1.82) is 0 Å². The molecule has 4 aromatic rings. The highest BCUT2D eigenvalue weighted by molar-refractivity contribution is 7.90. The number of nitrogen functional groups attached to an aromatic ring is 1. The summed E-state index contributed by atoms with van der Waals surface area (Å²) in [6.07, 6.45) is 0. The fourth-order valence-corrected chi connectivity index (χ4v) is 5.49. The summed E-state index contributed by atoms with van der Waals surface area (Å²) in [5, 5.41) is 0.710. The minimum Gasteiger partial charge on any atom is -0.493 e. The van der Waals surface area contributed by atoms with E-state index in [4.69, 9.17) is 15.2 Å². The summed E-state index contributed by atoms with van der Waals surface area (Å²) in [5.41, 5.74) is 11.3. The van der Waals surface area contributed by atoms with Crippen molar-refractivity contribution in [2.75, 3.05) is 20.0 Å². The van der Waals surface area contributed by atoms with E-state index in [9.17, 15) is 13.2 Å². The number of methoxy groups -OCH3 is 2. The number of sulfonamides is 1. The molecule has 1 amide bonds. The third-order valence-corrected chi connectivity index (χ3v) is 7.52. The van der Waals surface area contributed by atoms with E-state index in [1.165, 1.54) is 32.4 Å². The minimum absolute atomic E-state index is 0.0907. The van der Waals surface area contributed by atoms with Gasteiger partial charge in [-0.3, -0.25) is 4.79 Å². The summed E-state index contributed by atoms with van der Waals surface area (Å²) >= 11 is 0. The largest absolute Gasteiger partial charge is 0.493 e. The lowest BCUT2D eigenvalue weighted by molar-refractivity contribution is 0.0973. The molecule has 4 rings (SSSR count). The van der Waals surface area contributed by atoms with Gasteiger partial charge < -0.3 is 19.8 Å². The second-order valence-electron chi connectivity index (χ2n) is 8.77. The number of hydrogen-bond donors (Lipinski definition) is 2. The van der Waals surface area contributed by atoms with E-state index in [0.29, 0.717) is 28.9 Å². The number of nitrogens with two attached hydrogens (primary N) is 1. The number of ether oxygens (including phenoxy) is 2. The average molecular weight is 508 g/mol. The summed E-state index contributed by atoms with van der Waals surface area (Å²) in [5.74, 6) is 0.249. The summed E-state index contributed by atoms with van der Waals surface area (Å²) in [6, 6.07) is 15.2. The van der Waals surface area contributed by atoms with Gasteiger partial charge in [0.15, 0.2) is 11.5 Å². The predicted molar refractivity (Wildman–Crippen MR) is 140 cm³/mol. The number of aromatic nitrogens is 1. The lowest BCUT2D eigenvalue weighted by atomic mass is 9.99. The number of hydrogen-bond acceptors (Lipinski definition) is 6. The summed E-state index contributed by atoms with van der Waals surface area (Å²) in [6.45, 7) is 6.44. The molecule has 8 nitrogen and oxygen atoms in total. The first-order valence-corrected chi connectivity index (χ1v) is 12.8. The fraction of sp³-hybridized carbons (Fsp3) is 0.222. The molecule has 0 bridgehead atoms. The van der Waals surface area contributed by atoms with E-state index >= 15 is 0 Å². The Balaban J connectivity index is 1.86. The molecular weight excluding hydrogens is 478 g/mol. The molecule has 0 fully saturated rings. The van der Waals surface area contributed by atoms with Crippen molar-refractivity contribution in [3.8, 4) is 11.5 Å². The minimum atomic E-state index is -4.15. The summed E-state index contributed by atoms with van der Waals surface area (Å²) < 4.78 is 40.8. The van der Waals surface area contributed by atoms with Crippen LogP contribution >= 0.6 is 0 Å². The maximum atomic E-state index is 13.4. The van der Waals surface area contributed by atoms with Gasteiger partial charge in [-0.05, 0) is 67.8 Å². The molecule has 36 heavy (non-hydrogen) atoms. The zero-order chi connectivity index (χ0) is 26.2.